The Morgan fingerprint density at radius 2 is 2.04 bits per heavy atom. The summed E-state index contributed by atoms with van der Waals surface area (Å²) in [6.45, 7) is 2.90. The third-order valence-corrected chi connectivity index (χ3v) is 5.58. The van der Waals surface area contributed by atoms with Gasteiger partial charge < -0.3 is 25.8 Å². The summed E-state index contributed by atoms with van der Waals surface area (Å²) in [5.74, 6) is -0.466. The van der Waals surface area contributed by atoms with Gasteiger partial charge in [0, 0.05) is 6.42 Å². The highest BCUT2D eigenvalue weighted by atomic mass is 19.1. The highest BCUT2D eigenvalue weighted by Gasteiger charge is 2.47. The van der Waals surface area contributed by atoms with E-state index in [0.29, 0.717) is 23.8 Å². The zero-order valence-corrected chi connectivity index (χ0v) is 15.9. The SMILES string of the molecule is CC1(F)CN(c2cc(C3(CC(N)=O)COC3)c(C(N)=O)nc2OCC2CC2)C1. The number of primary amides is 2. The van der Waals surface area contributed by atoms with Gasteiger partial charge in [0.1, 0.15) is 17.1 Å². The molecule has 3 fully saturated rings. The van der Waals surface area contributed by atoms with E-state index in [9.17, 15) is 14.0 Å². The molecule has 0 unspecified atom stereocenters. The lowest BCUT2D eigenvalue weighted by atomic mass is 9.74. The standard InChI is InChI=1S/C19H25FN4O4/c1-18(20)7-24(8-18)13-4-12(19(5-14(21)25)9-27-10-19)15(16(22)26)23-17(13)28-6-11-2-3-11/h4,11H,2-3,5-10H2,1H3,(H2,21,25)(H2,22,26). The van der Waals surface area contributed by atoms with Crippen LogP contribution in [0.15, 0.2) is 6.07 Å². The number of aromatic nitrogens is 1. The van der Waals surface area contributed by atoms with E-state index in [1.807, 2.05) is 4.90 Å². The maximum Gasteiger partial charge on any atom is 0.267 e. The average Bonchev–Trinajstić information content (AvgIpc) is 3.37. The van der Waals surface area contributed by atoms with Gasteiger partial charge in [0.05, 0.1) is 38.3 Å². The first-order valence-electron chi connectivity index (χ1n) is 9.47. The van der Waals surface area contributed by atoms with Crippen molar-refractivity contribution in [3.63, 3.8) is 0 Å². The zero-order chi connectivity index (χ0) is 20.1. The van der Waals surface area contributed by atoms with Crippen molar-refractivity contribution in [3.8, 4) is 5.88 Å². The summed E-state index contributed by atoms with van der Waals surface area (Å²) in [7, 11) is 0. The van der Waals surface area contributed by atoms with E-state index in [4.69, 9.17) is 20.9 Å². The van der Waals surface area contributed by atoms with E-state index in [1.54, 1.807) is 6.07 Å². The minimum absolute atomic E-state index is 0.0114. The quantitative estimate of drug-likeness (QED) is 0.670. The fraction of sp³-hybridized carbons (Fsp3) is 0.632. The molecule has 1 aliphatic carbocycles. The Kier molecular flexibility index (Phi) is 4.45. The van der Waals surface area contributed by atoms with E-state index in [-0.39, 0.29) is 44.3 Å². The minimum atomic E-state index is -1.29. The van der Waals surface area contributed by atoms with Gasteiger partial charge in [-0.15, -0.1) is 0 Å². The first kappa shape index (κ1) is 18.9. The molecule has 1 saturated carbocycles. The second-order valence-electron chi connectivity index (χ2n) is 8.51. The van der Waals surface area contributed by atoms with Crippen LogP contribution >= 0.6 is 0 Å². The van der Waals surface area contributed by atoms with Gasteiger partial charge in [0.2, 0.25) is 11.8 Å². The van der Waals surface area contributed by atoms with Crippen LogP contribution in [-0.4, -0.2) is 55.4 Å². The number of carbonyl (C=O) groups is 2. The topological polar surface area (TPSA) is 121 Å². The molecule has 8 nitrogen and oxygen atoms in total. The van der Waals surface area contributed by atoms with E-state index < -0.39 is 22.9 Å². The number of anilines is 1. The Labute approximate surface area is 162 Å². The maximum atomic E-state index is 14.1. The number of pyridine rings is 1. The monoisotopic (exact) mass is 392 g/mol. The number of nitrogens with two attached hydrogens (primary N) is 2. The predicted octanol–water partition coefficient (Wildman–Crippen LogP) is 0.661. The van der Waals surface area contributed by atoms with Crippen LogP contribution in [-0.2, 0) is 14.9 Å². The molecule has 0 aromatic carbocycles. The van der Waals surface area contributed by atoms with Crippen molar-refractivity contribution >= 4 is 17.5 Å². The van der Waals surface area contributed by atoms with Gasteiger partial charge in [0.15, 0.2) is 0 Å². The number of hydrogen-bond donors (Lipinski definition) is 2. The molecule has 4 rings (SSSR count). The van der Waals surface area contributed by atoms with Crippen LogP contribution in [0.4, 0.5) is 10.1 Å². The van der Waals surface area contributed by atoms with Gasteiger partial charge >= 0.3 is 0 Å². The van der Waals surface area contributed by atoms with Crippen LogP contribution in [0, 0.1) is 5.92 Å². The number of amides is 2. The molecule has 2 amide bonds. The third kappa shape index (κ3) is 3.50. The van der Waals surface area contributed by atoms with E-state index in [0.717, 1.165) is 12.8 Å². The lowest BCUT2D eigenvalue weighted by molar-refractivity contribution is -0.126. The lowest BCUT2D eigenvalue weighted by Gasteiger charge is -2.46. The lowest BCUT2D eigenvalue weighted by Crippen LogP contribution is -2.57. The molecule has 28 heavy (non-hydrogen) atoms. The van der Waals surface area contributed by atoms with Gasteiger partial charge in [-0.1, -0.05) is 0 Å². The van der Waals surface area contributed by atoms with Crippen molar-refractivity contribution in [3.05, 3.63) is 17.3 Å². The van der Waals surface area contributed by atoms with Crippen LogP contribution in [0.2, 0.25) is 0 Å². The Morgan fingerprint density at radius 3 is 2.50 bits per heavy atom. The predicted molar refractivity (Wildman–Crippen MR) is 99.0 cm³/mol. The number of rotatable bonds is 8. The van der Waals surface area contributed by atoms with Gasteiger partial charge in [-0.25, -0.2) is 9.37 Å². The van der Waals surface area contributed by atoms with Crippen LogP contribution < -0.4 is 21.1 Å². The van der Waals surface area contributed by atoms with Crippen LogP contribution in [0.3, 0.4) is 0 Å². The summed E-state index contributed by atoms with van der Waals surface area (Å²) < 4.78 is 25.3. The molecule has 1 aromatic rings. The van der Waals surface area contributed by atoms with Crippen LogP contribution in [0.1, 0.15) is 42.2 Å². The first-order chi connectivity index (χ1) is 13.2. The van der Waals surface area contributed by atoms with Crippen molar-refractivity contribution in [1.29, 1.82) is 0 Å². The van der Waals surface area contributed by atoms with E-state index >= 15 is 0 Å². The molecule has 152 valence electrons. The molecule has 3 heterocycles. The molecule has 0 spiro atoms. The third-order valence-electron chi connectivity index (χ3n) is 5.58. The minimum Gasteiger partial charge on any atom is -0.476 e. The molecule has 2 aliphatic heterocycles. The van der Waals surface area contributed by atoms with Gasteiger partial charge in [-0.05, 0) is 37.3 Å². The largest absolute Gasteiger partial charge is 0.476 e. The summed E-state index contributed by atoms with van der Waals surface area (Å²) in [5, 5.41) is 0. The molecule has 4 N–H and O–H groups in total. The Balaban J connectivity index is 1.75. The molecule has 3 aliphatic rings. The second kappa shape index (κ2) is 6.58. The van der Waals surface area contributed by atoms with Crippen molar-refractivity contribution in [2.24, 2.45) is 17.4 Å². The van der Waals surface area contributed by atoms with Crippen molar-refractivity contribution in [1.82, 2.24) is 4.98 Å². The smallest absolute Gasteiger partial charge is 0.267 e. The summed E-state index contributed by atoms with van der Waals surface area (Å²) in [4.78, 5) is 30.0. The molecule has 0 atom stereocenters. The molecular weight excluding hydrogens is 367 g/mol. The summed E-state index contributed by atoms with van der Waals surface area (Å²) in [6.07, 6.45) is 2.21. The normalized spacial score (nSPS) is 22.1. The highest BCUT2D eigenvalue weighted by Crippen LogP contribution is 2.43. The second-order valence-corrected chi connectivity index (χ2v) is 8.51. The number of nitrogens with zero attached hydrogens (tertiary/aromatic N) is 2. The maximum absolute atomic E-state index is 14.1. The Hall–Kier alpha value is -2.42. The average molecular weight is 392 g/mol. The molecule has 2 saturated heterocycles. The highest BCUT2D eigenvalue weighted by molar-refractivity contribution is 5.94. The van der Waals surface area contributed by atoms with Gasteiger partial charge in [-0.2, -0.15) is 0 Å². The Morgan fingerprint density at radius 1 is 1.36 bits per heavy atom. The first-order valence-corrected chi connectivity index (χ1v) is 9.47. The molecule has 0 bridgehead atoms. The zero-order valence-electron chi connectivity index (χ0n) is 15.9. The number of hydrogen-bond acceptors (Lipinski definition) is 6. The van der Waals surface area contributed by atoms with E-state index in [2.05, 4.69) is 4.98 Å². The summed E-state index contributed by atoms with van der Waals surface area (Å²) >= 11 is 0. The van der Waals surface area contributed by atoms with Crippen LogP contribution in [0.25, 0.3) is 0 Å². The summed E-state index contributed by atoms with van der Waals surface area (Å²) in [5.41, 5.74) is 10.1. The number of carbonyl (C=O) groups excluding carboxylic acids is 2. The fourth-order valence-electron chi connectivity index (χ4n) is 3.85. The Bertz CT molecular complexity index is 812. The number of alkyl halides is 1. The van der Waals surface area contributed by atoms with E-state index in [1.165, 1.54) is 6.92 Å². The fourth-order valence-corrected chi connectivity index (χ4v) is 3.85. The summed E-state index contributed by atoms with van der Waals surface area (Å²) in [6, 6.07) is 1.75. The molecule has 0 radical (unpaired) electrons. The molecule has 9 heteroatoms. The molecule has 1 aromatic heterocycles. The number of ether oxygens (including phenoxy) is 2. The van der Waals surface area contributed by atoms with Crippen molar-refractivity contribution in [2.45, 2.75) is 37.3 Å². The van der Waals surface area contributed by atoms with Crippen molar-refractivity contribution < 1.29 is 23.5 Å². The van der Waals surface area contributed by atoms with Crippen molar-refractivity contribution in [2.75, 3.05) is 37.8 Å². The van der Waals surface area contributed by atoms with Gasteiger partial charge in [-0.3, -0.25) is 9.59 Å². The number of halogens is 1. The van der Waals surface area contributed by atoms with Gasteiger partial charge in [0.25, 0.3) is 5.91 Å². The molecular formula is C19H25FN4O4. The van der Waals surface area contributed by atoms with Crippen LogP contribution in [0.5, 0.6) is 5.88 Å².